The molecule has 1 saturated heterocycles. The molecule has 6 fully saturated rings. The number of hydrogen-bond acceptors (Lipinski definition) is 7. The highest BCUT2D eigenvalue weighted by Crippen LogP contribution is 2.65. The molecule has 9 heteroatoms. The van der Waals surface area contributed by atoms with Gasteiger partial charge < -0.3 is 4.90 Å². The zero-order chi connectivity index (χ0) is 37.9. The van der Waals surface area contributed by atoms with Crippen LogP contribution in [0.2, 0.25) is 0 Å². The van der Waals surface area contributed by atoms with E-state index in [-0.39, 0.29) is 71.9 Å². The normalized spacial score (nSPS) is 29.1. The van der Waals surface area contributed by atoms with Crippen molar-refractivity contribution in [1.29, 1.82) is 0 Å². The fourth-order valence-electron chi connectivity index (χ4n) is 10.7. The van der Waals surface area contributed by atoms with Crippen LogP contribution in [0.3, 0.4) is 0 Å². The Morgan fingerprint density at radius 3 is 1.92 bits per heavy atom. The second-order valence-electron chi connectivity index (χ2n) is 20.5. The zero-order valence-electron chi connectivity index (χ0n) is 33.1. The maximum absolute atomic E-state index is 15.1. The van der Waals surface area contributed by atoms with Crippen LogP contribution in [0.4, 0.5) is 0 Å². The number of likely N-dealkylation sites (tertiary alicyclic amines) is 1. The fraction of sp³-hybridized carbons (Fsp3) is 0.884. The van der Waals surface area contributed by atoms with Gasteiger partial charge in [-0.1, -0.05) is 72.1 Å². The SMILES string of the molecule is CC1([C@H](CC(=O)CC2(CS(=O)(=O)C(C)(C)C)CCCCC2)C(=O)N2CC3[C@@H]([C@H]2C(=O)CC(CC2CC2)C(=O)C(=O)CC2CC2)C3(C)C)CCCCC1. The highest BCUT2D eigenvalue weighted by molar-refractivity contribution is 7.92. The van der Waals surface area contributed by atoms with Gasteiger partial charge in [-0.3, -0.25) is 24.0 Å². The number of rotatable bonds is 17. The van der Waals surface area contributed by atoms with Crippen molar-refractivity contribution in [3.8, 4) is 0 Å². The van der Waals surface area contributed by atoms with E-state index in [9.17, 15) is 27.6 Å². The van der Waals surface area contributed by atoms with Gasteiger partial charge in [-0.15, -0.1) is 0 Å². The smallest absolute Gasteiger partial charge is 0.227 e. The van der Waals surface area contributed by atoms with Crippen molar-refractivity contribution < 1.29 is 32.4 Å². The van der Waals surface area contributed by atoms with E-state index in [1.165, 1.54) is 0 Å². The van der Waals surface area contributed by atoms with Gasteiger partial charge in [0.15, 0.2) is 21.4 Å². The number of piperidine rings is 1. The minimum atomic E-state index is -3.46. The number of fused-ring (bicyclic) bond motifs is 1. The quantitative estimate of drug-likeness (QED) is 0.139. The molecule has 6 rings (SSSR count). The molecular formula is C43H67NO7S. The molecule has 5 atom stereocenters. The van der Waals surface area contributed by atoms with Crippen LogP contribution in [-0.2, 0) is 33.8 Å². The van der Waals surface area contributed by atoms with Gasteiger partial charge in [0.05, 0.1) is 22.5 Å². The lowest BCUT2D eigenvalue weighted by molar-refractivity contribution is -0.150. The lowest BCUT2D eigenvalue weighted by Gasteiger charge is -2.44. The summed E-state index contributed by atoms with van der Waals surface area (Å²) in [5.41, 5.74) is -1.10. The summed E-state index contributed by atoms with van der Waals surface area (Å²) in [4.78, 5) is 72.2. The Morgan fingerprint density at radius 2 is 1.37 bits per heavy atom. The van der Waals surface area contributed by atoms with E-state index in [4.69, 9.17) is 0 Å². The number of Topliss-reactive ketones (excluding diaryl/α,β-unsaturated/α-hetero) is 4. The van der Waals surface area contributed by atoms with Gasteiger partial charge in [0.25, 0.3) is 0 Å². The predicted molar refractivity (Wildman–Crippen MR) is 202 cm³/mol. The van der Waals surface area contributed by atoms with Crippen LogP contribution in [-0.4, -0.2) is 65.4 Å². The number of hydrogen-bond donors (Lipinski definition) is 0. The van der Waals surface area contributed by atoms with Crippen LogP contribution >= 0.6 is 0 Å². The molecule has 0 aromatic rings. The molecule has 1 aliphatic heterocycles. The Labute approximate surface area is 313 Å². The molecule has 52 heavy (non-hydrogen) atoms. The van der Waals surface area contributed by atoms with Crippen LogP contribution < -0.4 is 0 Å². The molecule has 0 radical (unpaired) electrons. The van der Waals surface area contributed by atoms with Gasteiger partial charge in [0, 0.05) is 38.1 Å². The van der Waals surface area contributed by atoms with Crippen molar-refractivity contribution in [2.75, 3.05) is 12.3 Å². The molecule has 2 unspecified atom stereocenters. The van der Waals surface area contributed by atoms with E-state index in [2.05, 4.69) is 20.8 Å². The van der Waals surface area contributed by atoms with Gasteiger partial charge in [-0.05, 0) is 106 Å². The monoisotopic (exact) mass is 741 g/mol. The summed E-state index contributed by atoms with van der Waals surface area (Å²) >= 11 is 0. The minimum Gasteiger partial charge on any atom is -0.332 e. The Morgan fingerprint density at radius 1 is 0.788 bits per heavy atom. The van der Waals surface area contributed by atoms with Crippen LogP contribution in [0.15, 0.2) is 0 Å². The second kappa shape index (κ2) is 14.6. The first-order chi connectivity index (χ1) is 24.3. The van der Waals surface area contributed by atoms with Crippen LogP contribution in [0.1, 0.15) is 164 Å². The average molecular weight is 742 g/mol. The number of carbonyl (C=O) groups is 5. The number of ketones is 4. The topological polar surface area (TPSA) is 123 Å². The van der Waals surface area contributed by atoms with Crippen molar-refractivity contribution in [2.24, 2.45) is 51.8 Å². The van der Waals surface area contributed by atoms with Crippen LogP contribution in [0.5, 0.6) is 0 Å². The lowest BCUT2D eigenvalue weighted by atomic mass is 9.64. The molecule has 0 bridgehead atoms. The summed E-state index contributed by atoms with van der Waals surface area (Å²) in [6.07, 6.45) is 14.1. The third kappa shape index (κ3) is 8.49. The summed E-state index contributed by atoms with van der Waals surface area (Å²) in [5, 5.41) is 0. The van der Waals surface area contributed by atoms with Crippen LogP contribution in [0, 0.1) is 51.8 Å². The van der Waals surface area contributed by atoms with E-state index in [1.54, 1.807) is 25.7 Å². The largest absolute Gasteiger partial charge is 0.332 e. The second-order valence-corrected chi connectivity index (χ2v) is 23.2. The zero-order valence-corrected chi connectivity index (χ0v) is 33.9. The summed E-state index contributed by atoms with van der Waals surface area (Å²) in [6.45, 7) is 12.1. The third-order valence-electron chi connectivity index (χ3n) is 14.9. The standard InChI is InChI=1S/C43H67NO7S/c1-40(2,3)52(50,51)27-43(19-11-8-12-20-43)25-31(45)24-32(42(6)17-9-7-10-18-42)39(49)44-26-33-36(41(33,4)5)37(44)34(46)23-30(21-28-13-14-28)38(48)35(47)22-29-15-16-29/h28-30,32-33,36-37H,7-27H2,1-6H3/t30?,32-,33?,36+,37-/m1/s1. The Kier molecular flexibility index (Phi) is 11.2. The van der Waals surface area contributed by atoms with Gasteiger partial charge in [-0.25, -0.2) is 8.42 Å². The van der Waals surface area contributed by atoms with Crippen molar-refractivity contribution in [3.63, 3.8) is 0 Å². The van der Waals surface area contributed by atoms with E-state index in [1.807, 2.05) is 0 Å². The first-order valence-corrected chi connectivity index (χ1v) is 22.6. The maximum atomic E-state index is 15.1. The molecule has 5 aliphatic carbocycles. The Balaban J connectivity index is 1.24. The highest BCUT2D eigenvalue weighted by atomic mass is 32.2. The molecule has 0 aromatic carbocycles. The van der Waals surface area contributed by atoms with Crippen molar-refractivity contribution in [3.05, 3.63) is 0 Å². The molecule has 0 spiro atoms. The molecule has 292 valence electrons. The highest BCUT2D eigenvalue weighted by Gasteiger charge is 2.69. The summed E-state index contributed by atoms with van der Waals surface area (Å²) in [5.74, 6) is -1.30. The van der Waals surface area contributed by atoms with E-state index in [0.29, 0.717) is 37.6 Å². The van der Waals surface area contributed by atoms with Crippen molar-refractivity contribution >= 4 is 38.9 Å². The molecule has 0 N–H and O–H groups in total. The molecule has 0 aromatic heterocycles. The third-order valence-corrected chi connectivity index (χ3v) is 17.7. The van der Waals surface area contributed by atoms with E-state index < -0.39 is 49.1 Å². The average Bonchev–Trinajstić information content (AvgIpc) is 4.02. The van der Waals surface area contributed by atoms with Crippen LogP contribution in [0.25, 0.3) is 0 Å². The molecule has 5 saturated carbocycles. The molecular weight excluding hydrogens is 675 g/mol. The van der Waals surface area contributed by atoms with Gasteiger partial charge in [0.2, 0.25) is 11.7 Å². The van der Waals surface area contributed by atoms with Gasteiger partial charge in [0.1, 0.15) is 5.78 Å². The first-order valence-electron chi connectivity index (χ1n) is 20.9. The number of carbonyl (C=O) groups excluding carboxylic acids is 5. The van der Waals surface area contributed by atoms with E-state index >= 15 is 4.79 Å². The Bertz CT molecular complexity index is 1520. The number of amides is 1. The molecule has 8 nitrogen and oxygen atoms in total. The maximum Gasteiger partial charge on any atom is 0.227 e. The van der Waals surface area contributed by atoms with E-state index in [0.717, 1.165) is 77.0 Å². The minimum absolute atomic E-state index is 0.00380. The summed E-state index contributed by atoms with van der Waals surface area (Å²) in [6, 6.07) is -0.646. The van der Waals surface area contributed by atoms with Gasteiger partial charge >= 0.3 is 0 Å². The molecule has 1 amide bonds. The lowest BCUT2D eigenvalue weighted by Crippen LogP contribution is -2.52. The first kappa shape index (κ1) is 39.8. The summed E-state index contributed by atoms with van der Waals surface area (Å²) in [7, 11) is -3.46. The van der Waals surface area contributed by atoms with Crippen molar-refractivity contribution in [1.82, 2.24) is 4.90 Å². The molecule has 1 heterocycles. The van der Waals surface area contributed by atoms with Gasteiger partial charge in [-0.2, -0.15) is 0 Å². The number of sulfone groups is 1. The molecule has 6 aliphatic rings. The van der Waals surface area contributed by atoms with Crippen molar-refractivity contribution in [2.45, 2.75) is 174 Å². The predicted octanol–water partition coefficient (Wildman–Crippen LogP) is 7.88. The summed E-state index contributed by atoms with van der Waals surface area (Å²) < 4.78 is 26.1. The Hall–Kier alpha value is -1.90. The fourth-order valence-corrected chi connectivity index (χ4v) is 12.4. The number of nitrogens with zero attached hydrogens (tertiary/aromatic N) is 1.